The fourth-order valence-electron chi connectivity index (χ4n) is 2.25. The summed E-state index contributed by atoms with van der Waals surface area (Å²) in [5.41, 5.74) is 2.56. The minimum Gasteiger partial charge on any atom is -0.496 e. The second kappa shape index (κ2) is 8.06. The maximum absolute atomic E-state index is 12.1. The van der Waals surface area contributed by atoms with E-state index in [4.69, 9.17) is 14.2 Å². The van der Waals surface area contributed by atoms with Crippen LogP contribution >= 0.6 is 0 Å². The van der Waals surface area contributed by atoms with Gasteiger partial charge in [-0.05, 0) is 37.3 Å². The Labute approximate surface area is 141 Å². The van der Waals surface area contributed by atoms with Crippen LogP contribution in [-0.4, -0.2) is 27.2 Å². The molecule has 0 aromatic heterocycles. The van der Waals surface area contributed by atoms with Crippen LogP contribution in [0.4, 0.5) is 5.69 Å². The van der Waals surface area contributed by atoms with Gasteiger partial charge in [-0.25, -0.2) is 0 Å². The van der Waals surface area contributed by atoms with E-state index in [2.05, 4.69) is 5.32 Å². The van der Waals surface area contributed by atoms with E-state index in [0.29, 0.717) is 17.2 Å². The van der Waals surface area contributed by atoms with E-state index in [1.165, 1.54) is 6.08 Å². The zero-order valence-corrected chi connectivity index (χ0v) is 14.3. The predicted molar refractivity (Wildman–Crippen MR) is 94.9 cm³/mol. The molecule has 0 radical (unpaired) electrons. The van der Waals surface area contributed by atoms with Crippen molar-refractivity contribution in [3.8, 4) is 17.2 Å². The molecule has 0 unspecified atom stereocenters. The lowest BCUT2D eigenvalue weighted by Crippen LogP contribution is -2.08. The van der Waals surface area contributed by atoms with Gasteiger partial charge < -0.3 is 19.5 Å². The first-order chi connectivity index (χ1) is 11.6. The Bertz CT molecular complexity index is 753. The summed E-state index contributed by atoms with van der Waals surface area (Å²) in [7, 11) is 4.72. The maximum Gasteiger partial charge on any atom is 0.248 e. The van der Waals surface area contributed by atoms with E-state index >= 15 is 0 Å². The molecule has 2 aromatic rings. The number of aryl methyl sites for hydroxylation is 1. The average Bonchev–Trinajstić information content (AvgIpc) is 2.60. The lowest BCUT2D eigenvalue weighted by atomic mass is 10.1. The Morgan fingerprint density at radius 1 is 0.917 bits per heavy atom. The molecule has 0 saturated heterocycles. The van der Waals surface area contributed by atoms with Crippen molar-refractivity contribution in [1.82, 2.24) is 0 Å². The van der Waals surface area contributed by atoms with Gasteiger partial charge >= 0.3 is 0 Å². The number of anilines is 1. The smallest absolute Gasteiger partial charge is 0.248 e. The second-order valence-corrected chi connectivity index (χ2v) is 5.14. The Balaban J connectivity index is 2.12. The standard InChI is InChI=1S/C19H21NO4/c1-13-5-8-16(22-2)14(11-13)6-10-19(21)20-15-7-9-17(23-3)18(12-15)24-4/h5-12H,1-4H3,(H,20,21)/b10-6+. The fraction of sp³-hybridized carbons (Fsp3) is 0.211. The minimum atomic E-state index is -0.245. The molecule has 0 aliphatic heterocycles. The van der Waals surface area contributed by atoms with Crippen LogP contribution in [0.3, 0.4) is 0 Å². The average molecular weight is 327 g/mol. The lowest BCUT2D eigenvalue weighted by molar-refractivity contribution is -0.111. The zero-order valence-electron chi connectivity index (χ0n) is 14.3. The first kappa shape index (κ1) is 17.4. The summed E-state index contributed by atoms with van der Waals surface area (Å²) in [5, 5.41) is 2.79. The van der Waals surface area contributed by atoms with Crippen LogP contribution in [0.2, 0.25) is 0 Å². The third-order valence-electron chi connectivity index (χ3n) is 3.45. The molecule has 0 atom stereocenters. The molecule has 2 rings (SSSR count). The van der Waals surface area contributed by atoms with E-state index in [0.717, 1.165) is 16.9 Å². The number of nitrogens with one attached hydrogen (secondary N) is 1. The molecule has 0 fully saturated rings. The molecule has 1 amide bonds. The lowest BCUT2D eigenvalue weighted by Gasteiger charge is -2.09. The van der Waals surface area contributed by atoms with Crippen molar-refractivity contribution < 1.29 is 19.0 Å². The molecule has 0 bridgehead atoms. The third kappa shape index (κ3) is 4.29. The van der Waals surface area contributed by atoms with E-state index < -0.39 is 0 Å². The summed E-state index contributed by atoms with van der Waals surface area (Å²) in [6, 6.07) is 11.0. The first-order valence-corrected chi connectivity index (χ1v) is 7.43. The first-order valence-electron chi connectivity index (χ1n) is 7.43. The number of carbonyl (C=O) groups excluding carboxylic acids is 1. The summed E-state index contributed by atoms with van der Waals surface area (Å²) in [5.74, 6) is 1.64. The SMILES string of the molecule is COc1ccc(C)cc1/C=C/C(=O)Nc1ccc(OC)c(OC)c1. The largest absolute Gasteiger partial charge is 0.496 e. The van der Waals surface area contributed by atoms with Crippen LogP contribution in [0.5, 0.6) is 17.2 Å². The molecule has 0 aliphatic rings. The van der Waals surface area contributed by atoms with Gasteiger partial charge in [0.15, 0.2) is 11.5 Å². The molecular formula is C19H21NO4. The highest BCUT2D eigenvalue weighted by Crippen LogP contribution is 2.29. The monoisotopic (exact) mass is 327 g/mol. The van der Waals surface area contributed by atoms with Crippen LogP contribution in [0.1, 0.15) is 11.1 Å². The summed E-state index contributed by atoms with van der Waals surface area (Å²) < 4.78 is 15.7. The van der Waals surface area contributed by atoms with Gasteiger partial charge in [-0.1, -0.05) is 11.6 Å². The van der Waals surface area contributed by atoms with Gasteiger partial charge in [0.05, 0.1) is 21.3 Å². The van der Waals surface area contributed by atoms with Crippen LogP contribution in [0.25, 0.3) is 6.08 Å². The number of ether oxygens (including phenoxy) is 3. The van der Waals surface area contributed by atoms with Crippen molar-refractivity contribution >= 4 is 17.7 Å². The maximum atomic E-state index is 12.1. The highest BCUT2D eigenvalue weighted by molar-refractivity contribution is 6.02. The quantitative estimate of drug-likeness (QED) is 0.823. The van der Waals surface area contributed by atoms with Crippen molar-refractivity contribution in [3.05, 3.63) is 53.6 Å². The number of benzene rings is 2. The Morgan fingerprint density at radius 3 is 2.25 bits per heavy atom. The Kier molecular flexibility index (Phi) is 5.84. The normalized spacial score (nSPS) is 10.5. The highest BCUT2D eigenvalue weighted by Gasteiger charge is 2.06. The van der Waals surface area contributed by atoms with E-state index in [1.54, 1.807) is 45.6 Å². The van der Waals surface area contributed by atoms with E-state index in [9.17, 15) is 4.79 Å². The highest BCUT2D eigenvalue weighted by atomic mass is 16.5. The van der Waals surface area contributed by atoms with Crippen LogP contribution in [0, 0.1) is 6.92 Å². The molecule has 24 heavy (non-hydrogen) atoms. The fourth-order valence-corrected chi connectivity index (χ4v) is 2.25. The van der Waals surface area contributed by atoms with E-state index in [-0.39, 0.29) is 5.91 Å². The molecule has 5 nitrogen and oxygen atoms in total. The molecular weight excluding hydrogens is 306 g/mol. The van der Waals surface area contributed by atoms with Crippen molar-refractivity contribution in [1.29, 1.82) is 0 Å². The Hall–Kier alpha value is -2.95. The van der Waals surface area contributed by atoms with Gasteiger partial charge in [0.2, 0.25) is 5.91 Å². The van der Waals surface area contributed by atoms with E-state index in [1.807, 2.05) is 25.1 Å². The van der Waals surface area contributed by atoms with Crippen molar-refractivity contribution in [2.24, 2.45) is 0 Å². The number of methoxy groups -OCH3 is 3. The molecule has 126 valence electrons. The molecule has 5 heteroatoms. The minimum absolute atomic E-state index is 0.245. The van der Waals surface area contributed by atoms with Gasteiger partial charge in [0.1, 0.15) is 5.75 Å². The Morgan fingerprint density at radius 2 is 1.58 bits per heavy atom. The second-order valence-electron chi connectivity index (χ2n) is 5.14. The summed E-state index contributed by atoms with van der Waals surface area (Å²) in [6.07, 6.45) is 3.19. The van der Waals surface area contributed by atoms with Gasteiger partial charge in [-0.15, -0.1) is 0 Å². The molecule has 2 aromatic carbocycles. The van der Waals surface area contributed by atoms with Gasteiger partial charge in [-0.2, -0.15) is 0 Å². The number of rotatable bonds is 6. The summed E-state index contributed by atoms with van der Waals surface area (Å²) in [4.78, 5) is 12.1. The van der Waals surface area contributed by atoms with Gasteiger partial charge in [-0.3, -0.25) is 4.79 Å². The molecule has 0 spiro atoms. The van der Waals surface area contributed by atoms with Crippen molar-refractivity contribution in [2.45, 2.75) is 6.92 Å². The van der Waals surface area contributed by atoms with Crippen LogP contribution < -0.4 is 19.5 Å². The zero-order chi connectivity index (χ0) is 17.5. The number of carbonyl (C=O) groups is 1. The topological polar surface area (TPSA) is 56.8 Å². The van der Waals surface area contributed by atoms with Crippen LogP contribution in [0.15, 0.2) is 42.5 Å². The summed E-state index contributed by atoms with van der Waals surface area (Å²) in [6.45, 7) is 1.99. The van der Waals surface area contributed by atoms with Crippen molar-refractivity contribution in [2.75, 3.05) is 26.6 Å². The molecule has 1 N–H and O–H groups in total. The number of hydrogen-bond donors (Lipinski definition) is 1. The third-order valence-corrected chi connectivity index (χ3v) is 3.45. The van der Waals surface area contributed by atoms with Gasteiger partial charge in [0, 0.05) is 23.4 Å². The molecule has 0 saturated carbocycles. The van der Waals surface area contributed by atoms with Crippen LogP contribution in [-0.2, 0) is 4.79 Å². The molecule has 0 heterocycles. The van der Waals surface area contributed by atoms with Crippen molar-refractivity contribution in [3.63, 3.8) is 0 Å². The number of hydrogen-bond acceptors (Lipinski definition) is 4. The summed E-state index contributed by atoms with van der Waals surface area (Å²) >= 11 is 0. The number of amides is 1. The predicted octanol–water partition coefficient (Wildman–Crippen LogP) is 3.67. The van der Waals surface area contributed by atoms with Gasteiger partial charge in [0.25, 0.3) is 0 Å². The molecule has 0 aliphatic carbocycles.